The highest BCUT2D eigenvalue weighted by Gasteiger charge is 2.22. The molecular formula is C14H10Br2Cl2O2S. The van der Waals surface area contributed by atoms with Crippen LogP contribution >= 0.6 is 66.4 Å². The van der Waals surface area contributed by atoms with Gasteiger partial charge >= 0.3 is 0 Å². The molecule has 2 heterocycles. The monoisotopic (exact) mass is 470 g/mol. The molecule has 0 fully saturated rings. The van der Waals surface area contributed by atoms with E-state index >= 15 is 0 Å². The van der Waals surface area contributed by atoms with E-state index in [0.29, 0.717) is 21.9 Å². The Morgan fingerprint density at radius 3 is 2.33 bits per heavy atom. The van der Waals surface area contributed by atoms with Crippen molar-refractivity contribution in [3.8, 4) is 11.5 Å². The van der Waals surface area contributed by atoms with Crippen LogP contribution in [0.4, 0.5) is 0 Å². The molecule has 0 saturated carbocycles. The molecule has 0 amide bonds. The standard InChI is InChI=1S/C14H10Br2Cl2O2S/c15-9-6-11-10(19-2-1-3-20-11)4-7(9)13(16)8-5-12(17)21-14(8)18/h4-6,13H,1-3H2. The van der Waals surface area contributed by atoms with E-state index in [9.17, 15) is 0 Å². The van der Waals surface area contributed by atoms with Crippen molar-refractivity contribution in [3.63, 3.8) is 0 Å². The van der Waals surface area contributed by atoms with E-state index in [0.717, 1.165) is 33.5 Å². The molecule has 0 radical (unpaired) electrons. The molecule has 112 valence electrons. The van der Waals surface area contributed by atoms with Crippen molar-refractivity contribution in [2.24, 2.45) is 0 Å². The fourth-order valence-electron chi connectivity index (χ4n) is 2.09. The maximum atomic E-state index is 6.24. The second-order valence-corrected chi connectivity index (χ2v) is 8.57. The van der Waals surface area contributed by atoms with Gasteiger partial charge in [0.25, 0.3) is 0 Å². The van der Waals surface area contributed by atoms with Crippen LogP contribution in [-0.4, -0.2) is 13.2 Å². The minimum absolute atomic E-state index is 0.0692. The fraction of sp³-hybridized carbons (Fsp3) is 0.286. The number of hydrogen-bond acceptors (Lipinski definition) is 3. The van der Waals surface area contributed by atoms with Crippen LogP contribution < -0.4 is 9.47 Å². The summed E-state index contributed by atoms with van der Waals surface area (Å²) >= 11 is 20.9. The molecule has 1 aromatic heterocycles. The van der Waals surface area contributed by atoms with Gasteiger partial charge in [-0.15, -0.1) is 11.3 Å². The van der Waals surface area contributed by atoms with E-state index in [2.05, 4.69) is 31.9 Å². The molecule has 1 aromatic carbocycles. The Bertz CT molecular complexity index is 675. The minimum atomic E-state index is -0.0692. The molecule has 1 aliphatic heterocycles. The molecule has 3 rings (SSSR count). The van der Waals surface area contributed by atoms with Crippen LogP contribution in [-0.2, 0) is 0 Å². The summed E-state index contributed by atoms with van der Waals surface area (Å²) < 4.78 is 13.7. The number of alkyl halides is 1. The number of ether oxygens (including phenoxy) is 2. The second kappa shape index (κ2) is 6.67. The van der Waals surface area contributed by atoms with Gasteiger partial charge in [-0.25, -0.2) is 0 Å². The van der Waals surface area contributed by atoms with Crippen molar-refractivity contribution < 1.29 is 9.47 Å². The van der Waals surface area contributed by atoms with Gasteiger partial charge in [-0.1, -0.05) is 55.1 Å². The first-order valence-electron chi connectivity index (χ1n) is 6.24. The molecule has 0 saturated heterocycles. The fourth-order valence-corrected chi connectivity index (χ4v) is 5.50. The Balaban J connectivity index is 2.02. The molecule has 0 spiro atoms. The minimum Gasteiger partial charge on any atom is -0.490 e. The lowest BCUT2D eigenvalue weighted by Crippen LogP contribution is -1.98. The van der Waals surface area contributed by atoms with E-state index in [4.69, 9.17) is 32.7 Å². The molecule has 1 aliphatic rings. The van der Waals surface area contributed by atoms with Gasteiger partial charge in [0.15, 0.2) is 11.5 Å². The van der Waals surface area contributed by atoms with Crippen molar-refractivity contribution in [3.05, 3.63) is 42.5 Å². The van der Waals surface area contributed by atoms with E-state index in [-0.39, 0.29) is 4.83 Å². The summed E-state index contributed by atoms with van der Waals surface area (Å²) in [5, 5.41) is 0. The van der Waals surface area contributed by atoms with E-state index in [1.54, 1.807) is 0 Å². The molecule has 2 nitrogen and oxygen atoms in total. The van der Waals surface area contributed by atoms with Crippen LogP contribution in [0.2, 0.25) is 8.67 Å². The zero-order chi connectivity index (χ0) is 15.0. The average Bonchev–Trinajstić information content (AvgIpc) is 2.64. The SMILES string of the molecule is Clc1cc(C(Br)c2cc3c(cc2Br)OCCCO3)c(Cl)s1. The van der Waals surface area contributed by atoms with Crippen molar-refractivity contribution in [1.82, 2.24) is 0 Å². The van der Waals surface area contributed by atoms with Gasteiger partial charge in [0, 0.05) is 16.5 Å². The van der Waals surface area contributed by atoms with E-state index in [1.165, 1.54) is 11.3 Å². The quantitative estimate of drug-likeness (QED) is 0.467. The van der Waals surface area contributed by atoms with Crippen LogP contribution in [0.3, 0.4) is 0 Å². The lowest BCUT2D eigenvalue weighted by Gasteiger charge is -2.15. The van der Waals surface area contributed by atoms with Crippen LogP contribution in [0.5, 0.6) is 11.5 Å². The zero-order valence-electron chi connectivity index (χ0n) is 10.7. The summed E-state index contributed by atoms with van der Waals surface area (Å²) in [5.41, 5.74) is 1.97. The molecule has 1 atom stereocenters. The molecule has 0 bridgehead atoms. The van der Waals surface area contributed by atoms with Crippen molar-refractivity contribution >= 4 is 66.4 Å². The highest BCUT2D eigenvalue weighted by molar-refractivity contribution is 9.11. The predicted molar refractivity (Wildman–Crippen MR) is 94.9 cm³/mol. The van der Waals surface area contributed by atoms with Gasteiger partial charge in [0.1, 0.15) is 0 Å². The third-order valence-corrected chi connectivity index (χ3v) is 6.29. The van der Waals surface area contributed by atoms with Gasteiger partial charge in [-0.2, -0.15) is 0 Å². The van der Waals surface area contributed by atoms with Crippen LogP contribution in [0.1, 0.15) is 22.4 Å². The summed E-state index contributed by atoms with van der Waals surface area (Å²) in [7, 11) is 0. The number of rotatable bonds is 2. The largest absolute Gasteiger partial charge is 0.490 e. The van der Waals surface area contributed by atoms with Gasteiger partial charge in [0.2, 0.25) is 0 Å². The van der Waals surface area contributed by atoms with Crippen LogP contribution in [0.25, 0.3) is 0 Å². The summed E-state index contributed by atoms with van der Waals surface area (Å²) in [6, 6.07) is 5.79. The van der Waals surface area contributed by atoms with Crippen LogP contribution in [0.15, 0.2) is 22.7 Å². The van der Waals surface area contributed by atoms with Crippen molar-refractivity contribution in [2.45, 2.75) is 11.2 Å². The number of fused-ring (bicyclic) bond motifs is 1. The molecule has 21 heavy (non-hydrogen) atoms. The Morgan fingerprint density at radius 1 is 1.05 bits per heavy atom. The summed E-state index contributed by atoms with van der Waals surface area (Å²) in [5.74, 6) is 1.52. The highest BCUT2D eigenvalue weighted by atomic mass is 79.9. The summed E-state index contributed by atoms with van der Waals surface area (Å²) in [4.78, 5) is -0.0692. The maximum Gasteiger partial charge on any atom is 0.162 e. The molecule has 0 N–H and O–H groups in total. The van der Waals surface area contributed by atoms with Gasteiger partial charge in [-0.3, -0.25) is 0 Å². The van der Waals surface area contributed by atoms with E-state index in [1.807, 2.05) is 18.2 Å². The lowest BCUT2D eigenvalue weighted by atomic mass is 10.1. The van der Waals surface area contributed by atoms with Gasteiger partial charge in [0.05, 0.1) is 26.7 Å². The molecular weight excluding hydrogens is 463 g/mol. The van der Waals surface area contributed by atoms with Crippen molar-refractivity contribution in [1.29, 1.82) is 0 Å². The van der Waals surface area contributed by atoms with Crippen molar-refractivity contribution in [2.75, 3.05) is 13.2 Å². The first-order chi connectivity index (χ1) is 10.1. The average molecular weight is 473 g/mol. The third-order valence-electron chi connectivity index (χ3n) is 3.10. The first-order valence-corrected chi connectivity index (χ1v) is 9.52. The molecule has 1 unspecified atom stereocenters. The summed E-state index contributed by atoms with van der Waals surface area (Å²) in [6.45, 7) is 1.33. The lowest BCUT2D eigenvalue weighted by molar-refractivity contribution is 0.297. The Hall–Kier alpha value is 0.0600. The highest BCUT2D eigenvalue weighted by Crippen LogP contribution is 2.46. The van der Waals surface area contributed by atoms with Gasteiger partial charge < -0.3 is 9.47 Å². The molecule has 2 aromatic rings. The van der Waals surface area contributed by atoms with Gasteiger partial charge in [-0.05, 0) is 23.8 Å². The smallest absolute Gasteiger partial charge is 0.162 e. The topological polar surface area (TPSA) is 18.5 Å². The maximum absolute atomic E-state index is 6.24. The molecule has 7 heteroatoms. The number of hydrogen-bond donors (Lipinski definition) is 0. The normalized spacial score (nSPS) is 15.6. The van der Waals surface area contributed by atoms with Crippen LogP contribution in [0, 0.1) is 0 Å². The number of thiophene rings is 1. The third kappa shape index (κ3) is 3.37. The predicted octanol–water partition coefficient (Wildman–Crippen LogP) is 6.46. The Morgan fingerprint density at radius 2 is 1.71 bits per heavy atom. The molecule has 0 aliphatic carbocycles. The van der Waals surface area contributed by atoms with E-state index < -0.39 is 0 Å². The number of benzene rings is 1. The zero-order valence-corrected chi connectivity index (χ0v) is 16.2. The summed E-state index contributed by atoms with van der Waals surface area (Å²) in [6.07, 6.45) is 0.880. The second-order valence-electron chi connectivity index (χ2n) is 4.51. The Kier molecular flexibility index (Phi) is 5.06. The number of halogens is 4. The first kappa shape index (κ1) is 15.9. The Labute approximate surface area is 153 Å².